The van der Waals surface area contributed by atoms with Gasteiger partial charge >= 0.3 is 0 Å². The van der Waals surface area contributed by atoms with Crippen molar-refractivity contribution in [2.24, 2.45) is 5.92 Å². The summed E-state index contributed by atoms with van der Waals surface area (Å²) in [7, 11) is 0. The van der Waals surface area contributed by atoms with E-state index in [2.05, 4.69) is 14.7 Å². The third-order valence-electron chi connectivity index (χ3n) is 2.75. The zero-order valence-electron chi connectivity index (χ0n) is 8.82. The van der Waals surface area contributed by atoms with Gasteiger partial charge < -0.3 is 5.32 Å². The first-order valence-corrected chi connectivity index (χ1v) is 7.31. The fraction of sp³-hybridized carbons (Fsp3) is 0.800. The van der Waals surface area contributed by atoms with Crippen molar-refractivity contribution in [1.29, 1.82) is 0 Å². The number of nitrogens with zero attached hydrogens (tertiary/aromatic N) is 2. The van der Waals surface area contributed by atoms with E-state index in [1.807, 2.05) is 0 Å². The average Bonchev–Trinajstić information content (AvgIpc) is 2.88. The monoisotopic (exact) mass is 243 g/mol. The lowest BCUT2D eigenvalue weighted by molar-refractivity contribution is 0.500. The number of thioether (sulfide) groups is 1. The van der Waals surface area contributed by atoms with Crippen molar-refractivity contribution in [2.45, 2.75) is 30.0 Å². The second-order valence-electron chi connectivity index (χ2n) is 3.91. The summed E-state index contributed by atoms with van der Waals surface area (Å²) in [5, 5.41) is 3.53. The molecule has 0 amide bonds. The second-order valence-corrected chi connectivity index (χ2v) is 6.03. The third-order valence-corrected chi connectivity index (χ3v) is 4.55. The van der Waals surface area contributed by atoms with Crippen molar-refractivity contribution in [2.75, 3.05) is 18.8 Å². The van der Waals surface area contributed by atoms with Crippen LogP contribution in [0, 0.1) is 5.92 Å². The Morgan fingerprint density at radius 3 is 3.07 bits per heavy atom. The number of aromatic nitrogens is 2. The van der Waals surface area contributed by atoms with Crippen molar-refractivity contribution in [1.82, 2.24) is 14.7 Å². The minimum Gasteiger partial charge on any atom is -0.316 e. The average molecular weight is 243 g/mol. The fourth-order valence-electron chi connectivity index (χ4n) is 1.96. The Bertz CT molecular complexity index is 258. The Kier molecular flexibility index (Phi) is 4.89. The number of nitrogens with one attached hydrogen (secondary N) is 1. The molecule has 3 nitrogen and oxygen atoms in total. The Labute approximate surface area is 99.2 Å². The molecule has 0 aromatic carbocycles. The standard InChI is InChI=1S/C10H17N3S2/c1-2-4-9(3-1)7-11-5-6-14-10-12-8-13-15-10/h8-9,11H,1-7H2. The summed E-state index contributed by atoms with van der Waals surface area (Å²) in [4.78, 5) is 4.13. The SMILES string of the molecule is c1nsc(SCCNCC2CCCC2)n1. The van der Waals surface area contributed by atoms with Crippen LogP contribution in [0.15, 0.2) is 10.7 Å². The van der Waals surface area contributed by atoms with E-state index in [9.17, 15) is 0 Å². The highest BCUT2D eigenvalue weighted by Crippen LogP contribution is 2.23. The van der Waals surface area contributed by atoms with E-state index in [1.54, 1.807) is 18.1 Å². The molecule has 1 fully saturated rings. The van der Waals surface area contributed by atoms with E-state index in [-0.39, 0.29) is 0 Å². The van der Waals surface area contributed by atoms with Gasteiger partial charge in [-0.05, 0) is 36.8 Å². The van der Waals surface area contributed by atoms with Crippen LogP contribution in [0.1, 0.15) is 25.7 Å². The summed E-state index contributed by atoms with van der Waals surface area (Å²) in [6.07, 6.45) is 7.35. The van der Waals surface area contributed by atoms with E-state index >= 15 is 0 Å². The van der Waals surface area contributed by atoms with Gasteiger partial charge in [0, 0.05) is 12.3 Å². The summed E-state index contributed by atoms with van der Waals surface area (Å²) < 4.78 is 5.05. The molecule has 0 unspecified atom stereocenters. The van der Waals surface area contributed by atoms with Gasteiger partial charge in [-0.1, -0.05) is 24.6 Å². The van der Waals surface area contributed by atoms with Gasteiger partial charge in [0.1, 0.15) is 6.33 Å². The highest BCUT2D eigenvalue weighted by Gasteiger charge is 2.13. The molecular formula is C10H17N3S2. The van der Waals surface area contributed by atoms with Crippen LogP contribution >= 0.6 is 23.3 Å². The first-order valence-electron chi connectivity index (χ1n) is 5.55. The maximum absolute atomic E-state index is 4.13. The number of hydrogen-bond acceptors (Lipinski definition) is 5. The van der Waals surface area contributed by atoms with Crippen LogP contribution in [0.3, 0.4) is 0 Å². The minimum atomic E-state index is 0.941. The van der Waals surface area contributed by atoms with E-state index in [1.165, 1.54) is 43.8 Å². The summed E-state index contributed by atoms with van der Waals surface area (Å²) in [5.74, 6) is 2.04. The number of rotatable bonds is 6. The summed E-state index contributed by atoms with van der Waals surface area (Å²) in [6, 6.07) is 0. The predicted octanol–water partition coefficient (Wildman–Crippen LogP) is 2.41. The third kappa shape index (κ3) is 4.09. The molecule has 84 valence electrons. The smallest absolute Gasteiger partial charge is 0.169 e. The quantitative estimate of drug-likeness (QED) is 0.615. The van der Waals surface area contributed by atoms with Gasteiger partial charge in [0.05, 0.1) is 0 Å². The molecule has 1 aliphatic rings. The minimum absolute atomic E-state index is 0.941. The zero-order chi connectivity index (χ0) is 10.3. The van der Waals surface area contributed by atoms with Gasteiger partial charge in [0.2, 0.25) is 0 Å². The maximum Gasteiger partial charge on any atom is 0.169 e. The van der Waals surface area contributed by atoms with E-state index < -0.39 is 0 Å². The van der Waals surface area contributed by atoms with Crippen molar-refractivity contribution in [3.05, 3.63) is 6.33 Å². The van der Waals surface area contributed by atoms with E-state index in [4.69, 9.17) is 0 Å². The molecule has 0 atom stereocenters. The molecule has 0 bridgehead atoms. The molecule has 0 aliphatic heterocycles. The van der Waals surface area contributed by atoms with Crippen LogP contribution in [0.25, 0.3) is 0 Å². The van der Waals surface area contributed by atoms with Crippen LogP contribution in [0.5, 0.6) is 0 Å². The molecule has 15 heavy (non-hydrogen) atoms. The lowest BCUT2D eigenvalue weighted by Gasteiger charge is -2.09. The molecular weight excluding hydrogens is 226 g/mol. The second kappa shape index (κ2) is 6.45. The molecule has 2 rings (SSSR count). The molecule has 5 heteroatoms. The largest absolute Gasteiger partial charge is 0.316 e. The molecule has 0 radical (unpaired) electrons. The van der Waals surface area contributed by atoms with Gasteiger partial charge in [-0.3, -0.25) is 0 Å². The van der Waals surface area contributed by atoms with Crippen molar-refractivity contribution in [3.63, 3.8) is 0 Å². The Morgan fingerprint density at radius 1 is 1.47 bits per heavy atom. The lowest BCUT2D eigenvalue weighted by atomic mass is 10.1. The Balaban J connectivity index is 1.48. The molecule has 1 aromatic rings. The van der Waals surface area contributed by atoms with E-state index in [0.717, 1.165) is 22.6 Å². The molecule has 1 N–H and O–H groups in total. The van der Waals surface area contributed by atoms with Crippen molar-refractivity contribution >= 4 is 23.3 Å². The molecule has 1 heterocycles. The lowest BCUT2D eigenvalue weighted by Crippen LogP contribution is -2.23. The number of hydrogen-bond donors (Lipinski definition) is 1. The Morgan fingerprint density at radius 2 is 2.33 bits per heavy atom. The normalized spacial score (nSPS) is 17.3. The van der Waals surface area contributed by atoms with Crippen LogP contribution in [0.2, 0.25) is 0 Å². The highest BCUT2D eigenvalue weighted by molar-refractivity contribution is 8.00. The topological polar surface area (TPSA) is 37.8 Å². The van der Waals surface area contributed by atoms with Gasteiger partial charge in [-0.2, -0.15) is 4.37 Å². The first kappa shape index (κ1) is 11.4. The predicted molar refractivity (Wildman–Crippen MR) is 65.5 cm³/mol. The van der Waals surface area contributed by atoms with Crippen LogP contribution in [-0.2, 0) is 0 Å². The van der Waals surface area contributed by atoms with Gasteiger partial charge in [-0.25, -0.2) is 4.98 Å². The summed E-state index contributed by atoms with van der Waals surface area (Å²) >= 11 is 3.27. The van der Waals surface area contributed by atoms with Gasteiger partial charge in [-0.15, -0.1) is 0 Å². The summed E-state index contributed by atoms with van der Waals surface area (Å²) in [5.41, 5.74) is 0. The molecule has 0 spiro atoms. The van der Waals surface area contributed by atoms with Crippen LogP contribution in [0.4, 0.5) is 0 Å². The maximum atomic E-state index is 4.13. The molecule has 0 saturated heterocycles. The first-order chi connectivity index (χ1) is 7.45. The van der Waals surface area contributed by atoms with Crippen molar-refractivity contribution in [3.8, 4) is 0 Å². The van der Waals surface area contributed by atoms with Gasteiger partial charge in [0.15, 0.2) is 4.34 Å². The molecule has 1 saturated carbocycles. The van der Waals surface area contributed by atoms with E-state index in [0.29, 0.717) is 0 Å². The molecule has 1 aromatic heterocycles. The van der Waals surface area contributed by atoms with Gasteiger partial charge in [0.25, 0.3) is 0 Å². The highest BCUT2D eigenvalue weighted by atomic mass is 32.2. The summed E-state index contributed by atoms with van der Waals surface area (Å²) in [6.45, 7) is 2.29. The van der Waals surface area contributed by atoms with Crippen molar-refractivity contribution < 1.29 is 0 Å². The molecule has 1 aliphatic carbocycles. The zero-order valence-corrected chi connectivity index (χ0v) is 10.4. The van der Waals surface area contributed by atoms with Crippen LogP contribution in [-0.4, -0.2) is 28.2 Å². The van der Waals surface area contributed by atoms with Crippen LogP contribution < -0.4 is 5.32 Å². The Hall–Kier alpha value is -0.130. The fourth-order valence-corrected chi connectivity index (χ4v) is 3.37.